The Kier molecular flexibility index (Phi) is 5.11. The average Bonchev–Trinajstić information content (AvgIpc) is 3.19. The van der Waals surface area contributed by atoms with Gasteiger partial charge in [-0.15, -0.1) is 0 Å². The summed E-state index contributed by atoms with van der Waals surface area (Å²) in [4.78, 5) is 14.0. The summed E-state index contributed by atoms with van der Waals surface area (Å²) in [5.74, 6) is 1.77. The lowest BCUT2D eigenvalue weighted by Gasteiger charge is -2.29. The van der Waals surface area contributed by atoms with Crippen LogP contribution in [-0.2, 0) is 13.0 Å². The number of fused-ring (bicyclic) bond motifs is 1. The van der Waals surface area contributed by atoms with Crippen LogP contribution in [0.3, 0.4) is 0 Å². The quantitative estimate of drug-likeness (QED) is 0.758. The van der Waals surface area contributed by atoms with E-state index in [-0.39, 0.29) is 0 Å². The maximum absolute atomic E-state index is 5.90. The van der Waals surface area contributed by atoms with E-state index >= 15 is 0 Å². The van der Waals surface area contributed by atoms with Gasteiger partial charge in [-0.25, -0.2) is 9.97 Å². The Hall–Kier alpha value is -2.14. The van der Waals surface area contributed by atoms with E-state index in [2.05, 4.69) is 26.9 Å². The third kappa shape index (κ3) is 4.10. The molecule has 5 nitrogen and oxygen atoms in total. The minimum Gasteiger partial charge on any atom is -0.478 e. The molecule has 1 saturated heterocycles. The van der Waals surface area contributed by atoms with Crippen molar-refractivity contribution < 1.29 is 4.74 Å². The highest BCUT2D eigenvalue weighted by Gasteiger charge is 2.19. The molecule has 0 aromatic carbocycles. The van der Waals surface area contributed by atoms with E-state index < -0.39 is 0 Å². The van der Waals surface area contributed by atoms with Crippen LogP contribution in [0.25, 0.3) is 0 Å². The van der Waals surface area contributed by atoms with Crippen LogP contribution < -0.4 is 9.64 Å². The molecule has 0 N–H and O–H groups in total. The molecular weight excluding hydrogens is 312 g/mol. The lowest BCUT2D eigenvalue weighted by atomic mass is 10.1. The highest BCUT2D eigenvalue weighted by molar-refractivity contribution is 5.42. The van der Waals surface area contributed by atoms with E-state index in [1.807, 2.05) is 24.4 Å². The highest BCUT2D eigenvalue weighted by atomic mass is 16.5. The monoisotopic (exact) mass is 338 g/mol. The molecule has 0 bridgehead atoms. The number of pyridine rings is 2. The molecule has 2 aromatic heterocycles. The summed E-state index contributed by atoms with van der Waals surface area (Å²) < 4.78 is 5.90. The largest absolute Gasteiger partial charge is 0.478 e. The van der Waals surface area contributed by atoms with E-state index in [4.69, 9.17) is 9.72 Å². The number of rotatable bonds is 6. The maximum Gasteiger partial charge on any atom is 0.213 e. The van der Waals surface area contributed by atoms with Gasteiger partial charge in [0.2, 0.25) is 5.88 Å². The number of anilines is 1. The van der Waals surface area contributed by atoms with E-state index in [9.17, 15) is 0 Å². The Labute approximate surface area is 149 Å². The summed E-state index contributed by atoms with van der Waals surface area (Å²) in [6, 6.07) is 10.2. The predicted octanol–water partition coefficient (Wildman–Crippen LogP) is 2.90. The zero-order valence-electron chi connectivity index (χ0n) is 14.7. The first kappa shape index (κ1) is 16.3. The van der Waals surface area contributed by atoms with Gasteiger partial charge >= 0.3 is 0 Å². The molecule has 0 saturated carbocycles. The van der Waals surface area contributed by atoms with Crippen LogP contribution in [0.2, 0.25) is 0 Å². The fourth-order valence-corrected chi connectivity index (χ4v) is 3.68. The molecule has 0 atom stereocenters. The summed E-state index contributed by atoms with van der Waals surface area (Å²) >= 11 is 0. The summed E-state index contributed by atoms with van der Waals surface area (Å²) in [6.07, 6.45) is 6.62. The summed E-state index contributed by atoms with van der Waals surface area (Å²) in [7, 11) is 0. The van der Waals surface area contributed by atoms with E-state index in [1.165, 1.54) is 31.5 Å². The summed E-state index contributed by atoms with van der Waals surface area (Å²) in [5, 5.41) is 0. The zero-order valence-corrected chi connectivity index (χ0v) is 14.7. The first-order valence-corrected chi connectivity index (χ1v) is 9.38. The number of ether oxygens (including phenoxy) is 1. The molecule has 4 heterocycles. The topological polar surface area (TPSA) is 41.5 Å². The zero-order chi connectivity index (χ0) is 16.9. The standard InChI is InChI=1S/C20H26N4O/c1-2-10-21-19(6-1)24-14-9-17-7-8-20(22-18(17)16-24)25-15-5-13-23-11-3-4-12-23/h1-2,6-8,10H,3-5,9,11-16H2. The number of hydrogen-bond acceptors (Lipinski definition) is 5. The Morgan fingerprint density at radius 2 is 1.96 bits per heavy atom. The van der Waals surface area contributed by atoms with Crippen molar-refractivity contribution >= 4 is 5.82 Å². The molecule has 0 aliphatic carbocycles. The Balaban J connectivity index is 1.33. The molecule has 0 unspecified atom stereocenters. The SMILES string of the molecule is c1ccc(N2CCc3ccc(OCCCN4CCCC4)nc3C2)nc1. The maximum atomic E-state index is 5.90. The van der Waals surface area contributed by atoms with Crippen LogP contribution in [0.5, 0.6) is 5.88 Å². The molecule has 2 aliphatic heterocycles. The molecule has 25 heavy (non-hydrogen) atoms. The summed E-state index contributed by atoms with van der Waals surface area (Å²) in [6.45, 7) is 6.17. The fraction of sp³-hybridized carbons (Fsp3) is 0.500. The van der Waals surface area contributed by atoms with Crippen molar-refractivity contribution in [1.29, 1.82) is 0 Å². The van der Waals surface area contributed by atoms with Crippen molar-refractivity contribution in [3.8, 4) is 5.88 Å². The van der Waals surface area contributed by atoms with Gasteiger partial charge in [0.15, 0.2) is 0 Å². The number of likely N-dealkylation sites (tertiary alicyclic amines) is 1. The minimum absolute atomic E-state index is 0.742. The van der Waals surface area contributed by atoms with Gasteiger partial charge in [-0.2, -0.15) is 0 Å². The molecule has 5 heteroatoms. The van der Waals surface area contributed by atoms with E-state index in [0.29, 0.717) is 0 Å². The van der Waals surface area contributed by atoms with Crippen LogP contribution in [0.15, 0.2) is 36.5 Å². The van der Waals surface area contributed by atoms with Crippen LogP contribution >= 0.6 is 0 Å². The van der Waals surface area contributed by atoms with E-state index in [1.54, 1.807) is 0 Å². The van der Waals surface area contributed by atoms with Gasteiger partial charge in [0.1, 0.15) is 5.82 Å². The summed E-state index contributed by atoms with van der Waals surface area (Å²) in [5.41, 5.74) is 2.45. The molecule has 2 aromatic rings. The molecule has 0 spiro atoms. The second-order valence-electron chi connectivity index (χ2n) is 6.87. The average molecular weight is 338 g/mol. The van der Waals surface area contributed by atoms with Gasteiger partial charge in [0.05, 0.1) is 18.8 Å². The second kappa shape index (κ2) is 7.83. The number of nitrogens with zero attached hydrogens (tertiary/aromatic N) is 4. The van der Waals surface area contributed by atoms with Gasteiger partial charge in [0.25, 0.3) is 0 Å². The van der Waals surface area contributed by atoms with Gasteiger partial charge in [-0.1, -0.05) is 12.1 Å². The van der Waals surface area contributed by atoms with Crippen molar-refractivity contribution in [3.05, 3.63) is 47.8 Å². The van der Waals surface area contributed by atoms with Crippen LogP contribution in [0.4, 0.5) is 5.82 Å². The Morgan fingerprint density at radius 1 is 1.04 bits per heavy atom. The molecule has 132 valence electrons. The number of aromatic nitrogens is 2. The van der Waals surface area contributed by atoms with Crippen molar-refractivity contribution in [2.24, 2.45) is 0 Å². The second-order valence-corrected chi connectivity index (χ2v) is 6.87. The Bertz CT molecular complexity index is 685. The molecule has 0 amide bonds. The van der Waals surface area contributed by atoms with E-state index in [0.717, 1.165) is 56.5 Å². The van der Waals surface area contributed by atoms with Crippen molar-refractivity contribution in [2.75, 3.05) is 37.7 Å². The normalized spacial score (nSPS) is 17.5. The fourth-order valence-electron chi connectivity index (χ4n) is 3.68. The predicted molar refractivity (Wildman–Crippen MR) is 99.0 cm³/mol. The molecule has 2 aliphatic rings. The minimum atomic E-state index is 0.742. The van der Waals surface area contributed by atoms with Gasteiger partial charge in [0, 0.05) is 25.4 Å². The van der Waals surface area contributed by atoms with Crippen molar-refractivity contribution in [2.45, 2.75) is 32.2 Å². The smallest absolute Gasteiger partial charge is 0.213 e. The van der Waals surface area contributed by atoms with Crippen LogP contribution in [0.1, 0.15) is 30.5 Å². The first-order valence-electron chi connectivity index (χ1n) is 9.38. The lowest BCUT2D eigenvalue weighted by molar-refractivity contribution is 0.256. The first-order chi connectivity index (χ1) is 12.4. The Morgan fingerprint density at radius 3 is 2.80 bits per heavy atom. The van der Waals surface area contributed by atoms with Crippen LogP contribution in [-0.4, -0.2) is 47.7 Å². The lowest BCUT2D eigenvalue weighted by Crippen LogP contribution is -2.31. The highest BCUT2D eigenvalue weighted by Crippen LogP contribution is 2.23. The van der Waals surface area contributed by atoms with Crippen molar-refractivity contribution in [1.82, 2.24) is 14.9 Å². The van der Waals surface area contributed by atoms with Gasteiger partial charge < -0.3 is 14.5 Å². The number of hydrogen-bond donors (Lipinski definition) is 0. The molecule has 1 fully saturated rings. The third-order valence-electron chi connectivity index (χ3n) is 5.08. The van der Waals surface area contributed by atoms with Gasteiger partial charge in [-0.05, 0) is 56.5 Å². The molecule has 4 rings (SSSR count). The molecule has 0 radical (unpaired) electrons. The van der Waals surface area contributed by atoms with Gasteiger partial charge in [-0.3, -0.25) is 0 Å². The molecular formula is C20H26N4O. The van der Waals surface area contributed by atoms with Crippen LogP contribution in [0, 0.1) is 0 Å². The van der Waals surface area contributed by atoms with Crippen molar-refractivity contribution in [3.63, 3.8) is 0 Å². The third-order valence-corrected chi connectivity index (χ3v) is 5.08.